The molecule has 0 radical (unpaired) electrons. The van der Waals surface area contributed by atoms with Gasteiger partial charge in [0.25, 0.3) is 5.91 Å². The number of benzene rings is 2. The van der Waals surface area contributed by atoms with Crippen molar-refractivity contribution < 1.29 is 22.4 Å². The van der Waals surface area contributed by atoms with Crippen LogP contribution in [0.25, 0.3) is 17.4 Å². The van der Waals surface area contributed by atoms with Gasteiger partial charge in [-0.25, -0.2) is 0 Å². The monoisotopic (exact) mass is 460 g/mol. The van der Waals surface area contributed by atoms with Crippen molar-refractivity contribution in [3.05, 3.63) is 82.5 Å². The van der Waals surface area contributed by atoms with E-state index in [2.05, 4.69) is 21.0 Å². The molecule has 0 saturated carbocycles. The van der Waals surface area contributed by atoms with Crippen molar-refractivity contribution in [3.63, 3.8) is 0 Å². The molecule has 0 bridgehead atoms. The number of alkyl halides is 3. The Morgan fingerprint density at radius 1 is 0.966 bits per heavy atom. The normalized spacial score (nSPS) is 15.9. The van der Waals surface area contributed by atoms with Gasteiger partial charge in [0, 0.05) is 10.0 Å². The predicted molar refractivity (Wildman–Crippen MR) is 107 cm³/mol. The molecule has 2 heterocycles. The Morgan fingerprint density at radius 3 is 2.31 bits per heavy atom. The molecular formula is C21H12BrF3N2O2. The van der Waals surface area contributed by atoms with Crippen molar-refractivity contribution in [3.8, 4) is 11.3 Å². The van der Waals surface area contributed by atoms with Crippen LogP contribution in [0, 0.1) is 0 Å². The van der Waals surface area contributed by atoms with Crippen LogP contribution >= 0.6 is 15.9 Å². The van der Waals surface area contributed by atoms with Gasteiger partial charge in [-0.15, -0.1) is 0 Å². The van der Waals surface area contributed by atoms with E-state index in [0.29, 0.717) is 5.76 Å². The maximum absolute atomic E-state index is 13.5. The topological polar surface area (TPSA) is 45.8 Å². The Kier molecular flexibility index (Phi) is 4.87. The van der Waals surface area contributed by atoms with Crippen LogP contribution in [0.2, 0.25) is 0 Å². The zero-order valence-corrected chi connectivity index (χ0v) is 16.2. The molecule has 4 nitrogen and oxygen atoms in total. The summed E-state index contributed by atoms with van der Waals surface area (Å²) in [5.74, 6) is -0.275. The van der Waals surface area contributed by atoms with Gasteiger partial charge >= 0.3 is 6.18 Å². The van der Waals surface area contributed by atoms with Crippen molar-refractivity contribution in [2.45, 2.75) is 6.18 Å². The van der Waals surface area contributed by atoms with Gasteiger partial charge in [0.15, 0.2) is 5.71 Å². The summed E-state index contributed by atoms with van der Waals surface area (Å²) in [7, 11) is 0. The molecule has 0 spiro atoms. The zero-order chi connectivity index (χ0) is 20.6. The van der Waals surface area contributed by atoms with Crippen LogP contribution in [0.15, 0.2) is 86.3 Å². The highest BCUT2D eigenvalue weighted by atomic mass is 79.9. The Morgan fingerprint density at radius 2 is 1.66 bits per heavy atom. The summed E-state index contributed by atoms with van der Waals surface area (Å²) in [6.07, 6.45) is -3.72. The standard InChI is InChI=1S/C21H12BrF3N2O2/c22-14-8-6-13(7-9-14)18-11-10-16(29-18)12-17-19(21(23,24)25)26-27(20(17)28)15-4-2-1-3-5-15/h1-12H/b17-12+. The molecule has 0 saturated heterocycles. The molecule has 3 aromatic rings. The number of carbonyl (C=O) groups excluding carboxylic acids is 1. The average Bonchev–Trinajstić information content (AvgIpc) is 3.28. The molecular weight excluding hydrogens is 449 g/mol. The average molecular weight is 461 g/mol. The van der Waals surface area contributed by atoms with Crippen molar-refractivity contribution in [1.82, 2.24) is 0 Å². The van der Waals surface area contributed by atoms with Crippen LogP contribution < -0.4 is 5.01 Å². The highest BCUT2D eigenvalue weighted by Crippen LogP contribution is 2.33. The number of hydrogen-bond acceptors (Lipinski definition) is 3. The van der Waals surface area contributed by atoms with Gasteiger partial charge in [-0.2, -0.15) is 23.3 Å². The minimum absolute atomic E-state index is 0.123. The first kappa shape index (κ1) is 19.2. The van der Waals surface area contributed by atoms with E-state index in [0.717, 1.165) is 21.1 Å². The number of halogens is 4. The summed E-state index contributed by atoms with van der Waals surface area (Å²) in [6.45, 7) is 0. The molecule has 8 heteroatoms. The van der Waals surface area contributed by atoms with Gasteiger partial charge in [0.05, 0.1) is 11.3 Å². The zero-order valence-electron chi connectivity index (χ0n) is 14.7. The van der Waals surface area contributed by atoms with Crippen LogP contribution in [0.1, 0.15) is 5.76 Å². The first-order valence-corrected chi connectivity index (χ1v) is 9.25. The lowest BCUT2D eigenvalue weighted by Gasteiger charge is -2.10. The summed E-state index contributed by atoms with van der Waals surface area (Å²) < 4.78 is 47.0. The number of carbonyl (C=O) groups is 1. The van der Waals surface area contributed by atoms with Gasteiger partial charge in [0.2, 0.25) is 0 Å². The minimum atomic E-state index is -4.79. The molecule has 0 N–H and O–H groups in total. The molecule has 1 amide bonds. The third-order valence-electron chi connectivity index (χ3n) is 4.19. The summed E-state index contributed by atoms with van der Waals surface area (Å²) in [5, 5.41) is 4.27. The van der Waals surface area contributed by atoms with Crippen molar-refractivity contribution in [1.29, 1.82) is 0 Å². The maximum Gasteiger partial charge on any atom is 0.435 e. The van der Waals surface area contributed by atoms with Gasteiger partial charge in [-0.3, -0.25) is 4.79 Å². The van der Waals surface area contributed by atoms with Crippen LogP contribution in [0.3, 0.4) is 0 Å². The fourth-order valence-electron chi connectivity index (χ4n) is 2.84. The van der Waals surface area contributed by atoms with Crippen LogP contribution in [0.5, 0.6) is 0 Å². The third-order valence-corrected chi connectivity index (χ3v) is 4.72. The first-order chi connectivity index (χ1) is 13.8. The smallest absolute Gasteiger partial charge is 0.435 e. The van der Waals surface area contributed by atoms with E-state index >= 15 is 0 Å². The maximum atomic E-state index is 13.5. The van der Waals surface area contributed by atoms with E-state index in [-0.39, 0.29) is 11.4 Å². The van der Waals surface area contributed by atoms with E-state index in [1.54, 1.807) is 36.4 Å². The van der Waals surface area contributed by atoms with Crippen LogP contribution in [-0.4, -0.2) is 17.8 Å². The van der Waals surface area contributed by atoms with Crippen molar-refractivity contribution in [2.24, 2.45) is 5.10 Å². The Hall–Kier alpha value is -3.13. The number of hydrazone groups is 1. The number of rotatable bonds is 3. The Labute approximate surface area is 172 Å². The number of para-hydroxylation sites is 1. The van der Waals surface area contributed by atoms with E-state index in [1.807, 2.05) is 12.1 Å². The van der Waals surface area contributed by atoms with Gasteiger partial charge in [-0.1, -0.05) is 46.3 Å². The van der Waals surface area contributed by atoms with E-state index < -0.39 is 23.4 Å². The minimum Gasteiger partial charge on any atom is -0.457 e. The van der Waals surface area contributed by atoms with Gasteiger partial charge in [-0.05, 0) is 42.5 Å². The van der Waals surface area contributed by atoms with Crippen LogP contribution in [0.4, 0.5) is 18.9 Å². The molecule has 4 rings (SSSR count). The molecule has 1 aromatic heterocycles. The fraction of sp³-hybridized carbons (Fsp3) is 0.0476. The molecule has 2 aromatic carbocycles. The summed E-state index contributed by atoms with van der Waals surface area (Å²) in [6, 6.07) is 18.3. The van der Waals surface area contributed by atoms with Gasteiger partial charge < -0.3 is 4.42 Å². The second-order valence-corrected chi connectivity index (χ2v) is 7.08. The molecule has 0 unspecified atom stereocenters. The second kappa shape index (κ2) is 7.36. The molecule has 0 atom stereocenters. The van der Waals surface area contributed by atoms with Crippen molar-refractivity contribution >= 4 is 39.3 Å². The quantitative estimate of drug-likeness (QED) is 0.446. The second-order valence-electron chi connectivity index (χ2n) is 6.17. The molecule has 146 valence electrons. The van der Waals surface area contributed by atoms with Crippen molar-refractivity contribution in [2.75, 3.05) is 5.01 Å². The Bertz CT molecular complexity index is 1120. The SMILES string of the molecule is O=C1/C(=C/c2ccc(-c3ccc(Br)cc3)o2)C(C(F)(F)F)=NN1c1ccccc1. The number of furan rings is 1. The highest BCUT2D eigenvalue weighted by Gasteiger charge is 2.47. The molecule has 29 heavy (non-hydrogen) atoms. The number of anilines is 1. The summed E-state index contributed by atoms with van der Waals surface area (Å²) in [4.78, 5) is 12.7. The lowest BCUT2D eigenvalue weighted by molar-refractivity contribution is -0.114. The first-order valence-electron chi connectivity index (χ1n) is 8.46. The third kappa shape index (κ3) is 3.88. The molecule has 0 fully saturated rings. The summed E-state index contributed by atoms with van der Waals surface area (Å²) in [5.41, 5.74) is -0.824. The summed E-state index contributed by atoms with van der Waals surface area (Å²) >= 11 is 3.34. The largest absolute Gasteiger partial charge is 0.457 e. The lowest BCUT2D eigenvalue weighted by atomic mass is 10.1. The van der Waals surface area contributed by atoms with E-state index in [1.165, 1.54) is 18.2 Å². The molecule has 1 aliphatic rings. The Balaban J connectivity index is 1.71. The number of amides is 1. The number of hydrogen-bond donors (Lipinski definition) is 0. The highest BCUT2D eigenvalue weighted by molar-refractivity contribution is 9.10. The lowest BCUT2D eigenvalue weighted by Crippen LogP contribution is -2.25. The van der Waals surface area contributed by atoms with Gasteiger partial charge in [0.1, 0.15) is 11.5 Å². The molecule has 1 aliphatic heterocycles. The van der Waals surface area contributed by atoms with Crippen LogP contribution in [-0.2, 0) is 4.79 Å². The number of nitrogens with zero attached hydrogens (tertiary/aromatic N) is 2. The molecule has 0 aliphatic carbocycles. The van der Waals surface area contributed by atoms with E-state index in [9.17, 15) is 18.0 Å². The fourth-order valence-corrected chi connectivity index (χ4v) is 3.10. The van der Waals surface area contributed by atoms with E-state index in [4.69, 9.17) is 4.42 Å². The predicted octanol–water partition coefficient (Wildman–Crippen LogP) is 6.06.